The average molecular weight is 161 g/mol. The van der Waals surface area contributed by atoms with Crippen LogP contribution in [0.3, 0.4) is 0 Å². The molecule has 0 aliphatic heterocycles. The van der Waals surface area contributed by atoms with E-state index in [4.69, 9.17) is 10.8 Å². The van der Waals surface area contributed by atoms with Gasteiger partial charge in [0.2, 0.25) is 0 Å². The van der Waals surface area contributed by atoms with Gasteiger partial charge in [0.25, 0.3) is 0 Å². The number of esters is 1. The summed E-state index contributed by atoms with van der Waals surface area (Å²) in [4.78, 5) is 10.8. The van der Waals surface area contributed by atoms with Crippen molar-refractivity contribution < 1.29 is 14.6 Å². The van der Waals surface area contributed by atoms with Gasteiger partial charge in [0.05, 0.1) is 6.61 Å². The Bertz CT molecular complexity index is 116. The third-order valence-electron chi connectivity index (χ3n) is 1.26. The van der Waals surface area contributed by atoms with Gasteiger partial charge in [-0.15, -0.1) is 0 Å². The average Bonchev–Trinajstić information content (AvgIpc) is 2.00. The number of hydrogen-bond donors (Lipinski definition) is 2. The lowest BCUT2D eigenvalue weighted by Crippen LogP contribution is -2.32. The summed E-state index contributed by atoms with van der Waals surface area (Å²) in [5, 5.41) is 8.42. The van der Waals surface area contributed by atoms with Crippen molar-refractivity contribution in [2.45, 2.75) is 25.8 Å². The molecule has 0 amide bonds. The Hall–Kier alpha value is -0.610. The molecule has 0 bridgehead atoms. The molecule has 0 saturated carbocycles. The van der Waals surface area contributed by atoms with E-state index in [1.807, 2.05) is 0 Å². The van der Waals surface area contributed by atoms with Crippen LogP contribution in [0.15, 0.2) is 0 Å². The summed E-state index contributed by atoms with van der Waals surface area (Å²) in [6, 6.07) is -0.581. The van der Waals surface area contributed by atoms with Gasteiger partial charge >= 0.3 is 5.97 Å². The molecular formula is C7H15NO3. The number of nitrogens with two attached hydrogens (primary N) is 1. The molecule has 11 heavy (non-hydrogen) atoms. The van der Waals surface area contributed by atoms with Crippen molar-refractivity contribution in [3.05, 3.63) is 0 Å². The standard InChI is InChI=1S/C7H15NO3/c1-2-11-7(10)6(8)4-3-5-9/h6,9H,2-5,8H2,1H3/t6-/m0/s1. The fourth-order valence-electron chi connectivity index (χ4n) is 0.678. The van der Waals surface area contributed by atoms with E-state index in [-0.39, 0.29) is 12.6 Å². The topological polar surface area (TPSA) is 72.5 Å². The van der Waals surface area contributed by atoms with Gasteiger partial charge in [-0.1, -0.05) is 0 Å². The van der Waals surface area contributed by atoms with Crippen LogP contribution in [0.2, 0.25) is 0 Å². The Kier molecular flexibility index (Phi) is 5.78. The lowest BCUT2D eigenvalue weighted by Gasteiger charge is -2.08. The van der Waals surface area contributed by atoms with E-state index in [2.05, 4.69) is 4.74 Å². The number of aliphatic hydroxyl groups is 1. The van der Waals surface area contributed by atoms with Crippen LogP contribution >= 0.6 is 0 Å². The molecule has 66 valence electrons. The number of carbonyl (C=O) groups excluding carboxylic acids is 1. The van der Waals surface area contributed by atoms with Crippen molar-refractivity contribution in [3.63, 3.8) is 0 Å². The highest BCUT2D eigenvalue weighted by atomic mass is 16.5. The van der Waals surface area contributed by atoms with Gasteiger partial charge in [0, 0.05) is 6.61 Å². The molecule has 0 unspecified atom stereocenters. The van der Waals surface area contributed by atoms with Crippen LogP contribution in [-0.4, -0.2) is 30.3 Å². The van der Waals surface area contributed by atoms with Crippen molar-refractivity contribution in [1.29, 1.82) is 0 Å². The van der Waals surface area contributed by atoms with Crippen LogP contribution < -0.4 is 5.73 Å². The molecular weight excluding hydrogens is 146 g/mol. The maximum atomic E-state index is 10.8. The minimum Gasteiger partial charge on any atom is -0.465 e. The normalized spacial score (nSPS) is 12.6. The van der Waals surface area contributed by atoms with E-state index < -0.39 is 6.04 Å². The Labute approximate surface area is 66.3 Å². The van der Waals surface area contributed by atoms with Gasteiger partial charge in [-0.25, -0.2) is 0 Å². The summed E-state index contributed by atoms with van der Waals surface area (Å²) in [5.74, 6) is -0.388. The second kappa shape index (κ2) is 6.12. The van der Waals surface area contributed by atoms with E-state index in [0.717, 1.165) is 0 Å². The lowest BCUT2D eigenvalue weighted by molar-refractivity contribution is -0.144. The van der Waals surface area contributed by atoms with Gasteiger partial charge in [0.1, 0.15) is 6.04 Å². The van der Waals surface area contributed by atoms with Gasteiger partial charge in [-0.2, -0.15) is 0 Å². The Balaban J connectivity index is 3.46. The van der Waals surface area contributed by atoms with Gasteiger partial charge in [-0.3, -0.25) is 4.79 Å². The minimum absolute atomic E-state index is 0.0626. The Morgan fingerprint density at radius 3 is 2.82 bits per heavy atom. The zero-order valence-corrected chi connectivity index (χ0v) is 6.75. The second-order valence-electron chi connectivity index (χ2n) is 2.22. The third kappa shape index (κ3) is 4.75. The minimum atomic E-state index is -0.581. The first kappa shape index (κ1) is 10.4. The van der Waals surface area contributed by atoms with E-state index in [9.17, 15) is 4.79 Å². The summed E-state index contributed by atoms with van der Waals surface area (Å²) >= 11 is 0. The molecule has 0 fully saturated rings. The van der Waals surface area contributed by atoms with Gasteiger partial charge in [-0.05, 0) is 19.8 Å². The maximum absolute atomic E-state index is 10.8. The second-order valence-corrected chi connectivity index (χ2v) is 2.22. The molecule has 4 heteroatoms. The Morgan fingerprint density at radius 2 is 2.36 bits per heavy atom. The van der Waals surface area contributed by atoms with Crippen LogP contribution in [0.4, 0.5) is 0 Å². The van der Waals surface area contributed by atoms with Gasteiger partial charge < -0.3 is 15.6 Å². The van der Waals surface area contributed by atoms with Crippen LogP contribution in [0, 0.1) is 0 Å². The molecule has 3 N–H and O–H groups in total. The SMILES string of the molecule is CCOC(=O)[C@@H](N)CCCO. The molecule has 0 heterocycles. The van der Waals surface area contributed by atoms with Crippen molar-refractivity contribution >= 4 is 5.97 Å². The molecule has 0 spiro atoms. The van der Waals surface area contributed by atoms with Crippen molar-refractivity contribution in [1.82, 2.24) is 0 Å². The van der Waals surface area contributed by atoms with E-state index in [1.165, 1.54) is 0 Å². The number of rotatable bonds is 5. The molecule has 0 aromatic carbocycles. The van der Waals surface area contributed by atoms with Crippen molar-refractivity contribution in [2.75, 3.05) is 13.2 Å². The smallest absolute Gasteiger partial charge is 0.322 e. The predicted octanol–water partition coefficient (Wildman–Crippen LogP) is -0.351. The highest BCUT2D eigenvalue weighted by Crippen LogP contribution is 1.95. The molecule has 0 aromatic rings. The quantitative estimate of drug-likeness (QED) is 0.540. The zero-order valence-electron chi connectivity index (χ0n) is 6.75. The monoisotopic (exact) mass is 161 g/mol. The third-order valence-corrected chi connectivity index (χ3v) is 1.26. The summed E-state index contributed by atoms with van der Waals surface area (Å²) < 4.78 is 4.66. The zero-order chi connectivity index (χ0) is 8.69. The molecule has 0 aliphatic rings. The molecule has 0 aromatic heterocycles. The van der Waals surface area contributed by atoms with Gasteiger partial charge in [0.15, 0.2) is 0 Å². The first-order valence-corrected chi connectivity index (χ1v) is 3.75. The molecule has 4 nitrogen and oxygen atoms in total. The van der Waals surface area contributed by atoms with Crippen LogP contribution in [0.1, 0.15) is 19.8 Å². The maximum Gasteiger partial charge on any atom is 0.322 e. The molecule has 0 aliphatic carbocycles. The summed E-state index contributed by atoms with van der Waals surface area (Å²) in [7, 11) is 0. The molecule has 1 atom stereocenters. The van der Waals surface area contributed by atoms with Crippen molar-refractivity contribution in [2.24, 2.45) is 5.73 Å². The highest BCUT2D eigenvalue weighted by Gasteiger charge is 2.12. The predicted molar refractivity (Wildman–Crippen MR) is 40.9 cm³/mol. The van der Waals surface area contributed by atoms with E-state index >= 15 is 0 Å². The van der Waals surface area contributed by atoms with Crippen LogP contribution in [0.25, 0.3) is 0 Å². The first-order valence-electron chi connectivity index (χ1n) is 3.75. The first-order chi connectivity index (χ1) is 5.22. The van der Waals surface area contributed by atoms with E-state index in [1.54, 1.807) is 6.92 Å². The van der Waals surface area contributed by atoms with Crippen LogP contribution in [-0.2, 0) is 9.53 Å². The highest BCUT2D eigenvalue weighted by molar-refractivity contribution is 5.75. The van der Waals surface area contributed by atoms with Crippen LogP contribution in [0.5, 0.6) is 0 Å². The molecule has 0 rings (SSSR count). The number of ether oxygens (including phenoxy) is 1. The summed E-state index contributed by atoms with van der Waals surface area (Å²) in [6.45, 7) is 2.15. The largest absolute Gasteiger partial charge is 0.465 e. The summed E-state index contributed by atoms with van der Waals surface area (Å²) in [6.07, 6.45) is 1.02. The number of carbonyl (C=O) groups is 1. The van der Waals surface area contributed by atoms with E-state index in [0.29, 0.717) is 19.4 Å². The molecule has 0 saturated heterocycles. The number of aliphatic hydroxyl groups excluding tert-OH is 1. The Morgan fingerprint density at radius 1 is 1.73 bits per heavy atom. The molecule has 0 radical (unpaired) electrons. The fraction of sp³-hybridized carbons (Fsp3) is 0.857. The lowest BCUT2D eigenvalue weighted by atomic mass is 10.2. The fourth-order valence-corrected chi connectivity index (χ4v) is 0.678. The number of hydrogen-bond acceptors (Lipinski definition) is 4. The summed E-state index contributed by atoms with van der Waals surface area (Å²) in [5.41, 5.74) is 5.40. The van der Waals surface area contributed by atoms with Crippen molar-refractivity contribution in [3.8, 4) is 0 Å².